The fourth-order valence-corrected chi connectivity index (χ4v) is 3.22. The topological polar surface area (TPSA) is 58.6 Å². The molecule has 1 saturated heterocycles. The Balaban J connectivity index is 2.62. The normalized spacial score (nSPS) is 27.5. The molecule has 0 aromatic carbocycles. The van der Waals surface area contributed by atoms with Crippen molar-refractivity contribution in [1.82, 2.24) is 9.62 Å². The molecule has 0 radical (unpaired) electrons. The van der Waals surface area contributed by atoms with Gasteiger partial charge in [0.25, 0.3) is 0 Å². The van der Waals surface area contributed by atoms with E-state index in [1.54, 1.807) is 14.1 Å². The smallest absolute Gasteiger partial charge is 0.215 e. The lowest BCUT2D eigenvalue weighted by Crippen LogP contribution is -2.43. The molecule has 1 aliphatic rings. The second-order valence-corrected chi connectivity index (χ2v) is 6.02. The summed E-state index contributed by atoms with van der Waals surface area (Å²) in [5, 5.41) is 2.84. The summed E-state index contributed by atoms with van der Waals surface area (Å²) in [5.41, 5.74) is 0. The molecule has 2 unspecified atom stereocenters. The highest BCUT2D eigenvalue weighted by atomic mass is 32.2. The molecule has 15 heavy (non-hydrogen) atoms. The van der Waals surface area contributed by atoms with Crippen LogP contribution >= 0.6 is 0 Å². The van der Waals surface area contributed by atoms with Gasteiger partial charge in [0.2, 0.25) is 10.0 Å². The first-order valence-corrected chi connectivity index (χ1v) is 6.82. The Bertz CT molecular complexity index is 292. The van der Waals surface area contributed by atoms with Gasteiger partial charge in [-0.1, -0.05) is 0 Å². The summed E-state index contributed by atoms with van der Waals surface area (Å²) in [7, 11) is 0.239. The van der Waals surface area contributed by atoms with Gasteiger partial charge in [-0.3, -0.25) is 0 Å². The van der Waals surface area contributed by atoms with Gasteiger partial charge < -0.3 is 10.1 Å². The van der Waals surface area contributed by atoms with Crippen molar-refractivity contribution in [2.24, 2.45) is 0 Å². The molecule has 90 valence electrons. The van der Waals surface area contributed by atoms with E-state index in [9.17, 15) is 8.42 Å². The quantitative estimate of drug-likeness (QED) is 0.708. The van der Waals surface area contributed by atoms with Crippen LogP contribution in [-0.2, 0) is 14.8 Å². The summed E-state index contributed by atoms with van der Waals surface area (Å²) in [4.78, 5) is 0. The highest BCUT2D eigenvalue weighted by Crippen LogP contribution is 2.20. The van der Waals surface area contributed by atoms with E-state index in [2.05, 4.69) is 5.32 Å². The summed E-state index contributed by atoms with van der Waals surface area (Å²) in [6.07, 6.45) is 0.788. The second-order valence-electron chi connectivity index (χ2n) is 3.87. The molecule has 6 heteroatoms. The second kappa shape index (κ2) is 5.25. The fraction of sp³-hybridized carbons (Fsp3) is 1.00. The predicted octanol–water partition coefficient (Wildman–Crippen LogP) is -0.355. The Hall–Kier alpha value is -0.170. The average molecular weight is 236 g/mol. The molecule has 5 nitrogen and oxygen atoms in total. The molecule has 1 heterocycles. The Kier molecular flexibility index (Phi) is 4.51. The van der Waals surface area contributed by atoms with Crippen molar-refractivity contribution < 1.29 is 13.2 Å². The minimum atomic E-state index is -3.15. The van der Waals surface area contributed by atoms with Gasteiger partial charge in [-0.15, -0.1) is 0 Å². The number of hydrogen-bond donors (Lipinski definition) is 1. The highest BCUT2D eigenvalue weighted by Gasteiger charge is 2.33. The molecular formula is C9H20N2O3S. The molecule has 1 fully saturated rings. The number of sulfonamides is 1. The Labute approximate surface area is 91.8 Å². The van der Waals surface area contributed by atoms with Crippen LogP contribution in [-0.4, -0.2) is 57.9 Å². The number of nitrogens with one attached hydrogen (secondary N) is 1. The number of rotatable bonds is 5. The van der Waals surface area contributed by atoms with Crippen LogP contribution in [0.4, 0.5) is 0 Å². The van der Waals surface area contributed by atoms with Gasteiger partial charge in [-0.25, -0.2) is 8.42 Å². The lowest BCUT2D eigenvalue weighted by molar-refractivity contribution is 0.102. The lowest BCUT2D eigenvalue weighted by Gasteiger charge is -2.25. The van der Waals surface area contributed by atoms with Crippen molar-refractivity contribution >= 4 is 10.0 Å². The first-order valence-electron chi connectivity index (χ1n) is 5.21. The molecule has 1 N–H and O–H groups in total. The van der Waals surface area contributed by atoms with E-state index in [0.29, 0.717) is 13.2 Å². The Morgan fingerprint density at radius 1 is 1.53 bits per heavy atom. The van der Waals surface area contributed by atoms with Crippen LogP contribution in [0.5, 0.6) is 0 Å². The van der Waals surface area contributed by atoms with Gasteiger partial charge in [-0.2, -0.15) is 4.31 Å². The molecule has 1 aliphatic heterocycles. The summed E-state index contributed by atoms with van der Waals surface area (Å²) in [6.45, 7) is 3.05. The standard InChI is InChI=1S/C9H20N2O3S/c1-8-9(4-6-14-8)11(3)15(12,13)7-5-10-2/h8-10H,4-7H2,1-3H3. The fourth-order valence-electron chi connectivity index (χ4n) is 1.78. The van der Waals surface area contributed by atoms with E-state index >= 15 is 0 Å². The Morgan fingerprint density at radius 2 is 2.20 bits per heavy atom. The van der Waals surface area contributed by atoms with Gasteiger partial charge >= 0.3 is 0 Å². The van der Waals surface area contributed by atoms with Crippen LogP contribution in [0.1, 0.15) is 13.3 Å². The van der Waals surface area contributed by atoms with Crippen molar-refractivity contribution in [3.05, 3.63) is 0 Å². The van der Waals surface area contributed by atoms with Gasteiger partial charge in [0.05, 0.1) is 17.9 Å². The molecule has 0 spiro atoms. The molecule has 0 aromatic heterocycles. The van der Waals surface area contributed by atoms with Gasteiger partial charge in [0.1, 0.15) is 0 Å². The molecule has 0 amide bonds. The van der Waals surface area contributed by atoms with E-state index in [-0.39, 0.29) is 17.9 Å². The van der Waals surface area contributed by atoms with Crippen LogP contribution in [0.25, 0.3) is 0 Å². The first kappa shape index (κ1) is 12.9. The maximum atomic E-state index is 11.9. The first-order chi connectivity index (χ1) is 6.99. The van der Waals surface area contributed by atoms with Crippen LogP contribution in [0.2, 0.25) is 0 Å². The zero-order chi connectivity index (χ0) is 11.5. The van der Waals surface area contributed by atoms with E-state index < -0.39 is 10.0 Å². The van der Waals surface area contributed by atoms with Crippen molar-refractivity contribution in [3.63, 3.8) is 0 Å². The predicted molar refractivity (Wildman–Crippen MR) is 59.3 cm³/mol. The number of ether oxygens (including phenoxy) is 1. The molecule has 2 atom stereocenters. The summed E-state index contributed by atoms with van der Waals surface area (Å²) in [6, 6.07) is -0.00754. The van der Waals surface area contributed by atoms with Crippen molar-refractivity contribution in [2.75, 3.05) is 33.0 Å². The number of nitrogens with zero attached hydrogens (tertiary/aromatic N) is 1. The highest BCUT2D eigenvalue weighted by molar-refractivity contribution is 7.89. The Morgan fingerprint density at radius 3 is 2.67 bits per heavy atom. The third-order valence-corrected chi connectivity index (χ3v) is 4.72. The minimum Gasteiger partial charge on any atom is -0.377 e. The molecule has 0 saturated carbocycles. The molecule has 0 bridgehead atoms. The third-order valence-electron chi connectivity index (χ3n) is 2.85. The van der Waals surface area contributed by atoms with Crippen molar-refractivity contribution in [2.45, 2.75) is 25.5 Å². The molecule has 0 aromatic rings. The summed E-state index contributed by atoms with van der Waals surface area (Å²) >= 11 is 0. The van der Waals surface area contributed by atoms with Crippen LogP contribution in [0.15, 0.2) is 0 Å². The molecular weight excluding hydrogens is 216 g/mol. The van der Waals surface area contributed by atoms with E-state index in [4.69, 9.17) is 4.74 Å². The third kappa shape index (κ3) is 3.14. The van der Waals surface area contributed by atoms with E-state index in [0.717, 1.165) is 6.42 Å². The van der Waals surface area contributed by atoms with Crippen LogP contribution in [0, 0.1) is 0 Å². The number of likely N-dealkylation sites (N-methyl/N-ethyl adjacent to an activating group) is 1. The minimum absolute atomic E-state index is 0.000592. The maximum Gasteiger partial charge on any atom is 0.215 e. The van der Waals surface area contributed by atoms with Crippen LogP contribution < -0.4 is 5.32 Å². The lowest BCUT2D eigenvalue weighted by atomic mass is 10.2. The maximum absolute atomic E-state index is 11.9. The number of hydrogen-bond acceptors (Lipinski definition) is 4. The van der Waals surface area contributed by atoms with Crippen LogP contribution in [0.3, 0.4) is 0 Å². The molecule has 1 rings (SSSR count). The van der Waals surface area contributed by atoms with Crippen molar-refractivity contribution in [3.8, 4) is 0 Å². The van der Waals surface area contributed by atoms with Crippen molar-refractivity contribution in [1.29, 1.82) is 0 Å². The average Bonchev–Trinajstić information content (AvgIpc) is 2.60. The largest absolute Gasteiger partial charge is 0.377 e. The zero-order valence-corrected chi connectivity index (χ0v) is 10.4. The van der Waals surface area contributed by atoms with Gasteiger partial charge in [0, 0.05) is 20.2 Å². The van der Waals surface area contributed by atoms with E-state index in [1.165, 1.54) is 4.31 Å². The summed E-state index contributed by atoms with van der Waals surface area (Å²) < 4.78 is 30.5. The SMILES string of the molecule is CNCCS(=O)(=O)N(C)C1CCOC1C. The van der Waals surface area contributed by atoms with Gasteiger partial charge in [-0.05, 0) is 20.4 Å². The zero-order valence-electron chi connectivity index (χ0n) is 9.56. The van der Waals surface area contributed by atoms with E-state index in [1.807, 2.05) is 6.92 Å². The summed E-state index contributed by atoms with van der Waals surface area (Å²) in [5.74, 6) is 0.142. The van der Waals surface area contributed by atoms with Gasteiger partial charge in [0.15, 0.2) is 0 Å². The monoisotopic (exact) mass is 236 g/mol. The molecule has 0 aliphatic carbocycles.